The summed E-state index contributed by atoms with van der Waals surface area (Å²) in [5, 5.41) is 2.20. The Labute approximate surface area is 149 Å². The Morgan fingerprint density at radius 1 is 1.12 bits per heavy atom. The zero-order valence-corrected chi connectivity index (χ0v) is 14.6. The van der Waals surface area contributed by atoms with Crippen molar-refractivity contribution in [3.8, 4) is 0 Å². The van der Waals surface area contributed by atoms with Crippen LogP contribution in [-0.2, 0) is 4.79 Å². The number of amides is 3. The molecule has 2 aliphatic rings. The minimum Gasteiger partial charge on any atom is -0.335 e. The van der Waals surface area contributed by atoms with Crippen LogP contribution in [0.15, 0.2) is 12.1 Å². The normalized spacial score (nSPS) is 18.9. The van der Waals surface area contributed by atoms with Crippen molar-refractivity contribution in [1.29, 1.82) is 0 Å². The maximum atomic E-state index is 12.3. The molecule has 0 bridgehead atoms. The number of nitrogens with zero attached hydrogens (tertiary/aromatic N) is 2. The first-order valence-corrected chi connectivity index (χ1v) is 8.33. The third-order valence-electron chi connectivity index (χ3n) is 4.21. The van der Waals surface area contributed by atoms with Gasteiger partial charge in [-0.25, -0.2) is 5.01 Å². The predicted octanol–water partition coefficient (Wildman–Crippen LogP) is -0.549. The molecule has 1 saturated heterocycles. The third kappa shape index (κ3) is 3.25. The fourth-order valence-corrected chi connectivity index (χ4v) is 3.11. The first-order valence-electron chi connectivity index (χ1n) is 7.58. The lowest BCUT2D eigenvalue weighted by atomic mass is 10.1. The molecule has 1 aromatic carbocycles. The van der Waals surface area contributed by atoms with Gasteiger partial charge in [0.1, 0.15) is 6.54 Å². The van der Waals surface area contributed by atoms with Crippen molar-refractivity contribution in [2.24, 2.45) is 0 Å². The Hall–Kier alpha value is -1.67. The molecular formula is C15H17Cl2N4O3+. The summed E-state index contributed by atoms with van der Waals surface area (Å²) < 4.78 is 0. The fourth-order valence-electron chi connectivity index (χ4n) is 2.78. The number of hydrazine groups is 1. The molecule has 7 nitrogen and oxygen atoms in total. The number of rotatable bonds is 3. The highest BCUT2D eigenvalue weighted by molar-refractivity contribution is 6.43. The number of hydrogen-bond donors (Lipinski definition) is 2. The number of imide groups is 1. The SMILES string of the molecule is C[NH+]1CCN(NC(=O)CN2C(=O)c3cc(Cl)c(Cl)cc3C2=O)CC1. The van der Waals surface area contributed by atoms with E-state index in [0.29, 0.717) is 0 Å². The van der Waals surface area contributed by atoms with Crippen molar-refractivity contribution in [2.45, 2.75) is 0 Å². The van der Waals surface area contributed by atoms with E-state index in [2.05, 4.69) is 12.5 Å². The van der Waals surface area contributed by atoms with E-state index in [9.17, 15) is 14.4 Å². The summed E-state index contributed by atoms with van der Waals surface area (Å²) >= 11 is 11.8. The van der Waals surface area contributed by atoms with Gasteiger partial charge in [-0.2, -0.15) is 0 Å². The third-order valence-corrected chi connectivity index (χ3v) is 4.94. The first-order chi connectivity index (χ1) is 11.4. The van der Waals surface area contributed by atoms with Gasteiger partial charge in [0.05, 0.1) is 54.4 Å². The second-order valence-corrected chi connectivity index (χ2v) is 6.80. The van der Waals surface area contributed by atoms with E-state index >= 15 is 0 Å². The molecule has 0 spiro atoms. The molecule has 3 rings (SSSR count). The van der Waals surface area contributed by atoms with E-state index in [1.54, 1.807) is 5.01 Å². The molecule has 3 amide bonds. The topological polar surface area (TPSA) is 74.2 Å². The number of quaternary nitrogens is 1. The standard InChI is InChI=1S/C15H16Cl2N4O3/c1-19-2-4-20(5-3-19)18-13(22)8-21-14(23)9-6-11(16)12(17)7-10(9)15(21)24/h6-7H,2-5,8H2,1H3,(H,18,22)/p+1. The van der Waals surface area contributed by atoms with Crippen LogP contribution in [0.3, 0.4) is 0 Å². The number of carbonyl (C=O) groups excluding carboxylic acids is 3. The minimum atomic E-state index is -0.536. The molecule has 2 aliphatic heterocycles. The number of likely N-dealkylation sites (N-methyl/N-ethyl adjacent to an activating group) is 1. The van der Waals surface area contributed by atoms with E-state index in [1.165, 1.54) is 17.0 Å². The number of carbonyl (C=O) groups is 3. The van der Waals surface area contributed by atoms with Gasteiger partial charge < -0.3 is 4.90 Å². The van der Waals surface area contributed by atoms with Crippen molar-refractivity contribution >= 4 is 40.9 Å². The average molecular weight is 372 g/mol. The van der Waals surface area contributed by atoms with Gasteiger partial charge in [0, 0.05) is 0 Å². The molecule has 0 radical (unpaired) electrons. The van der Waals surface area contributed by atoms with Crippen LogP contribution in [0.1, 0.15) is 20.7 Å². The van der Waals surface area contributed by atoms with Gasteiger partial charge in [-0.15, -0.1) is 0 Å². The summed E-state index contributed by atoms with van der Waals surface area (Å²) in [5.41, 5.74) is 3.08. The van der Waals surface area contributed by atoms with Crippen LogP contribution in [-0.4, -0.2) is 67.4 Å². The summed E-state index contributed by atoms with van der Waals surface area (Å²) in [5.74, 6) is -1.47. The largest absolute Gasteiger partial charge is 0.335 e. The molecule has 0 saturated carbocycles. The number of fused-ring (bicyclic) bond motifs is 1. The lowest BCUT2D eigenvalue weighted by Crippen LogP contribution is -3.12. The Kier molecular flexibility index (Phi) is 4.78. The number of nitrogens with one attached hydrogen (secondary N) is 2. The lowest BCUT2D eigenvalue weighted by molar-refractivity contribution is -0.884. The molecule has 0 aromatic heterocycles. The van der Waals surface area contributed by atoms with Crippen LogP contribution < -0.4 is 10.3 Å². The van der Waals surface area contributed by atoms with Crippen molar-refractivity contribution in [2.75, 3.05) is 39.8 Å². The molecule has 24 heavy (non-hydrogen) atoms. The average Bonchev–Trinajstić information content (AvgIpc) is 2.75. The van der Waals surface area contributed by atoms with Crippen LogP contribution >= 0.6 is 23.2 Å². The quantitative estimate of drug-likeness (QED) is 0.699. The van der Waals surface area contributed by atoms with Gasteiger partial charge >= 0.3 is 0 Å². The van der Waals surface area contributed by atoms with Gasteiger partial charge in [-0.1, -0.05) is 23.2 Å². The molecule has 128 valence electrons. The summed E-state index contributed by atoms with van der Waals surface area (Å²) in [6.07, 6.45) is 0. The van der Waals surface area contributed by atoms with Gasteiger partial charge in [-0.05, 0) is 12.1 Å². The Bertz CT molecular complexity index is 676. The highest BCUT2D eigenvalue weighted by Gasteiger charge is 2.37. The van der Waals surface area contributed by atoms with Crippen molar-refractivity contribution in [1.82, 2.24) is 15.3 Å². The fraction of sp³-hybridized carbons (Fsp3) is 0.400. The minimum absolute atomic E-state index is 0.172. The monoisotopic (exact) mass is 371 g/mol. The maximum absolute atomic E-state index is 12.3. The summed E-state index contributed by atoms with van der Waals surface area (Å²) in [6, 6.07) is 2.72. The first kappa shape index (κ1) is 17.2. The molecule has 2 N–H and O–H groups in total. The summed E-state index contributed by atoms with van der Waals surface area (Å²) in [7, 11) is 2.09. The van der Waals surface area contributed by atoms with Gasteiger partial charge in [0.15, 0.2) is 0 Å². The molecule has 9 heteroatoms. The van der Waals surface area contributed by atoms with E-state index in [4.69, 9.17) is 23.2 Å². The molecule has 2 heterocycles. The van der Waals surface area contributed by atoms with Crippen molar-refractivity contribution < 1.29 is 19.3 Å². The Balaban J connectivity index is 1.67. The van der Waals surface area contributed by atoms with Crippen molar-refractivity contribution in [3.63, 3.8) is 0 Å². The van der Waals surface area contributed by atoms with Gasteiger partial charge in [0.2, 0.25) is 0 Å². The number of hydrogen-bond acceptors (Lipinski definition) is 4. The number of halogens is 2. The zero-order valence-electron chi connectivity index (χ0n) is 13.1. The van der Waals surface area contributed by atoms with E-state index < -0.39 is 17.7 Å². The Morgan fingerprint density at radius 2 is 1.62 bits per heavy atom. The highest BCUT2D eigenvalue weighted by Crippen LogP contribution is 2.31. The van der Waals surface area contributed by atoms with Crippen LogP contribution in [0.2, 0.25) is 10.0 Å². The lowest BCUT2D eigenvalue weighted by Gasteiger charge is -2.30. The van der Waals surface area contributed by atoms with E-state index in [-0.39, 0.29) is 27.7 Å². The molecular weight excluding hydrogens is 355 g/mol. The Morgan fingerprint density at radius 3 is 2.12 bits per heavy atom. The predicted molar refractivity (Wildman–Crippen MR) is 88.2 cm³/mol. The highest BCUT2D eigenvalue weighted by atomic mass is 35.5. The smallest absolute Gasteiger partial charge is 0.262 e. The van der Waals surface area contributed by atoms with E-state index in [1.807, 2.05) is 0 Å². The second kappa shape index (κ2) is 6.68. The number of benzene rings is 1. The molecule has 0 aliphatic carbocycles. The zero-order chi connectivity index (χ0) is 17.4. The van der Waals surface area contributed by atoms with Crippen LogP contribution in [0, 0.1) is 0 Å². The maximum Gasteiger partial charge on any atom is 0.262 e. The van der Waals surface area contributed by atoms with Crippen LogP contribution in [0.4, 0.5) is 0 Å². The van der Waals surface area contributed by atoms with Crippen LogP contribution in [0.25, 0.3) is 0 Å². The number of piperazine rings is 1. The van der Waals surface area contributed by atoms with Gasteiger partial charge in [0.25, 0.3) is 17.7 Å². The molecule has 0 unspecified atom stereocenters. The summed E-state index contributed by atoms with van der Waals surface area (Å²) in [4.78, 5) is 39.2. The van der Waals surface area contributed by atoms with Crippen molar-refractivity contribution in [3.05, 3.63) is 33.3 Å². The molecule has 0 atom stereocenters. The molecule has 1 fully saturated rings. The summed E-state index contributed by atoms with van der Waals surface area (Å²) in [6.45, 7) is 2.96. The molecule has 1 aromatic rings. The van der Waals surface area contributed by atoms with Crippen LogP contribution in [0.5, 0.6) is 0 Å². The van der Waals surface area contributed by atoms with E-state index in [0.717, 1.165) is 31.1 Å². The van der Waals surface area contributed by atoms with Gasteiger partial charge in [-0.3, -0.25) is 24.7 Å². The second-order valence-electron chi connectivity index (χ2n) is 5.99.